The van der Waals surface area contributed by atoms with E-state index in [0.29, 0.717) is 18.8 Å². The lowest BCUT2D eigenvalue weighted by atomic mass is 10.1. The van der Waals surface area contributed by atoms with E-state index in [4.69, 9.17) is 9.47 Å². The molecule has 16 heavy (non-hydrogen) atoms. The fourth-order valence-electron chi connectivity index (χ4n) is 1.84. The Balaban J connectivity index is 2.33. The first-order valence-electron chi connectivity index (χ1n) is 4.87. The number of hydrogen-bond donors (Lipinski definition) is 0. The summed E-state index contributed by atoms with van der Waals surface area (Å²) in [7, 11) is 2.48. The molecular formula is C10H12O6. The Kier molecular flexibility index (Phi) is 2.82. The third kappa shape index (κ3) is 1.55. The predicted octanol–water partition coefficient (Wildman–Crippen LogP) is -0.226. The summed E-state index contributed by atoms with van der Waals surface area (Å²) < 4.78 is 19.8. The van der Waals surface area contributed by atoms with Crippen LogP contribution in [0.25, 0.3) is 0 Å². The lowest BCUT2D eigenvalue weighted by Gasteiger charge is -2.11. The van der Waals surface area contributed by atoms with Crippen molar-refractivity contribution in [1.82, 2.24) is 0 Å². The van der Waals surface area contributed by atoms with Crippen LogP contribution in [0.1, 0.15) is 6.42 Å². The van der Waals surface area contributed by atoms with Crippen LogP contribution in [0.4, 0.5) is 0 Å². The fraction of sp³-hybridized carbons (Fsp3) is 0.600. The van der Waals surface area contributed by atoms with Gasteiger partial charge in [-0.2, -0.15) is 0 Å². The average Bonchev–Trinajstić information content (AvgIpc) is 2.86. The van der Waals surface area contributed by atoms with Gasteiger partial charge in [0, 0.05) is 6.42 Å². The monoisotopic (exact) mass is 228 g/mol. The molecule has 6 nitrogen and oxygen atoms in total. The smallest absolute Gasteiger partial charge is 0.340 e. The molecule has 0 aromatic carbocycles. The number of rotatable bonds is 2. The lowest BCUT2D eigenvalue weighted by molar-refractivity contribution is -0.154. The van der Waals surface area contributed by atoms with E-state index in [-0.39, 0.29) is 11.7 Å². The first-order valence-corrected chi connectivity index (χ1v) is 4.87. The largest absolute Gasteiger partial charge is 0.494 e. The zero-order chi connectivity index (χ0) is 11.7. The summed E-state index contributed by atoms with van der Waals surface area (Å²) in [5.41, 5.74) is 0.122. The van der Waals surface area contributed by atoms with Gasteiger partial charge in [0.05, 0.1) is 20.8 Å². The molecule has 2 aliphatic heterocycles. The minimum atomic E-state index is -1.03. The first kappa shape index (κ1) is 10.9. The molecule has 0 saturated carbocycles. The Morgan fingerprint density at radius 2 is 2.06 bits per heavy atom. The molecule has 2 heterocycles. The molecular weight excluding hydrogens is 216 g/mol. The topological polar surface area (TPSA) is 71.1 Å². The van der Waals surface area contributed by atoms with E-state index in [2.05, 4.69) is 9.47 Å². The molecule has 1 saturated heterocycles. The van der Waals surface area contributed by atoms with E-state index in [0.717, 1.165) is 0 Å². The quantitative estimate of drug-likeness (QED) is 0.608. The Bertz CT molecular complexity index is 358. The van der Waals surface area contributed by atoms with Crippen molar-refractivity contribution in [3.05, 3.63) is 11.3 Å². The van der Waals surface area contributed by atoms with Crippen LogP contribution >= 0.6 is 0 Å². The normalized spacial score (nSPS) is 27.4. The second-order valence-electron chi connectivity index (χ2n) is 3.43. The second-order valence-corrected chi connectivity index (χ2v) is 3.43. The van der Waals surface area contributed by atoms with Crippen LogP contribution in [0.2, 0.25) is 0 Å². The van der Waals surface area contributed by atoms with Gasteiger partial charge in [-0.15, -0.1) is 0 Å². The highest BCUT2D eigenvalue weighted by Gasteiger charge is 2.46. The van der Waals surface area contributed by atoms with Crippen LogP contribution in [0.3, 0.4) is 0 Å². The second kappa shape index (κ2) is 4.13. The molecule has 0 bridgehead atoms. The Hall–Kier alpha value is -1.56. The highest BCUT2D eigenvalue weighted by Crippen LogP contribution is 2.35. The van der Waals surface area contributed by atoms with Crippen molar-refractivity contribution >= 4 is 11.9 Å². The van der Waals surface area contributed by atoms with Crippen molar-refractivity contribution in [2.75, 3.05) is 20.8 Å². The standard InChI is InChI=1S/C10H12O6/c1-13-9(11)6-7-5(3-4-15-7)16-8(6)10(12)14-2/h5,8H,3-4H2,1-2H3/t5-,8-/m0/s1. The van der Waals surface area contributed by atoms with E-state index in [9.17, 15) is 9.59 Å². The van der Waals surface area contributed by atoms with Gasteiger partial charge in [-0.05, 0) is 0 Å². The molecule has 0 spiro atoms. The molecule has 0 unspecified atom stereocenters. The number of fused-ring (bicyclic) bond motifs is 1. The summed E-state index contributed by atoms with van der Waals surface area (Å²) in [5, 5.41) is 0. The van der Waals surface area contributed by atoms with Crippen LogP contribution < -0.4 is 0 Å². The Morgan fingerprint density at radius 3 is 2.69 bits per heavy atom. The number of carbonyl (C=O) groups is 2. The summed E-state index contributed by atoms with van der Waals surface area (Å²) >= 11 is 0. The fourth-order valence-corrected chi connectivity index (χ4v) is 1.84. The Labute approximate surface area is 92.1 Å². The molecule has 88 valence electrons. The number of methoxy groups -OCH3 is 2. The van der Waals surface area contributed by atoms with Gasteiger partial charge in [-0.3, -0.25) is 0 Å². The van der Waals surface area contributed by atoms with Gasteiger partial charge >= 0.3 is 11.9 Å². The number of hydrogen-bond acceptors (Lipinski definition) is 6. The van der Waals surface area contributed by atoms with E-state index in [1.165, 1.54) is 14.2 Å². The molecule has 6 heteroatoms. The van der Waals surface area contributed by atoms with Crippen molar-refractivity contribution in [1.29, 1.82) is 0 Å². The van der Waals surface area contributed by atoms with E-state index in [1.54, 1.807) is 0 Å². The third-order valence-corrected chi connectivity index (χ3v) is 2.58. The van der Waals surface area contributed by atoms with Crippen molar-refractivity contribution in [2.45, 2.75) is 18.6 Å². The minimum Gasteiger partial charge on any atom is -0.494 e. The molecule has 2 aliphatic rings. The van der Waals surface area contributed by atoms with Crippen molar-refractivity contribution < 1.29 is 28.5 Å². The van der Waals surface area contributed by atoms with E-state index >= 15 is 0 Å². The average molecular weight is 228 g/mol. The van der Waals surface area contributed by atoms with Crippen LogP contribution in [0.5, 0.6) is 0 Å². The summed E-state index contributed by atoms with van der Waals surface area (Å²) in [5.74, 6) is -0.831. The summed E-state index contributed by atoms with van der Waals surface area (Å²) in [6.07, 6.45) is -0.737. The maximum absolute atomic E-state index is 11.5. The van der Waals surface area contributed by atoms with Crippen LogP contribution in [-0.4, -0.2) is 45.0 Å². The molecule has 2 atom stereocenters. The number of ether oxygens (including phenoxy) is 4. The molecule has 2 rings (SSSR count). The molecule has 0 N–H and O–H groups in total. The highest BCUT2D eigenvalue weighted by molar-refractivity contribution is 5.98. The summed E-state index contributed by atoms with van der Waals surface area (Å²) in [6.45, 7) is 0.481. The first-order chi connectivity index (χ1) is 7.69. The maximum atomic E-state index is 11.5. The molecule has 1 fully saturated rings. The maximum Gasteiger partial charge on any atom is 0.340 e. The van der Waals surface area contributed by atoms with Crippen LogP contribution in [0, 0.1) is 0 Å². The Morgan fingerprint density at radius 1 is 1.31 bits per heavy atom. The van der Waals surface area contributed by atoms with Gasteiger partial charge in [0.1, 0.15) is 17.4 Å². The van der Waals surface area contributed by atoms with Crippen molar-refractivity contribution in [3.8, 4) is 0 Å². The van der Waals surface area contributed by atoms with Crippen LogP contribution in [-0.2, 0) is 28.5 Å². The number of esters is 2. The zero-order valence-electron chi connectivity index (χ0n) is 9.02. The van der Waals surface area contributed by atoms with E-state index in [1.807, 2.05) is 0 Å². The van der Waals surface area contributed by atoms with E-state index < -0.39 is 18.0 Å². The van der Waals surface area contributed by atoms with Gasteiger partial charge in [0.15, 0.2) is 6.10 Å². The zero-order valence-corrected chi connectivity index (χ0v) is 9.02. The minimum absolute atomic E-state index is 0.122. The molecule has 0 aliphatic carbocycles. The number of carbonyl (C=O) groups excluding carboxylic acids is 2. The SMILES string of the molecule is COC(=O)C1=C2OCC[C@@H]2O[C@@H]1C(=O)OC. The summed E-state index contributed by atoms with van der Waals surface area (Å²) in [4.78, 5) is 23.0. The molecule has 0 aromatic heterocycles. The lowest BCUT2D eigenvalue weighted by Crippen LogP contribution is -2.29. The van der Waals surface area contributed by atoms with Crippen LogP contribution in [0.15, 0.2) is 11.3 Å². The molecule has 0 aromatic rings. The molecule has 0 radical (unpaired) electrons. The highest BCUT2D eigenvalue weighted by atomic mass is 16.6. The van der Waals surface area contributed by atoms with Crippen molar-refractivity contribution in [2.24, 2.45) is 0 Å². The van der Waals surface area contributed by atoms with Crippen molar-refractivity contribution in [3.63, 3.8) is 0 Å². The van der Waals surface area contributed by atoms with Gasteiger partial charge in [-0.25, -0.2) is 9.59 Å². The molecule has 0 amide bonds. The third-order valence-electron chi connectivity index (χ3n) is 2.58. The van der Waals surface area contributed by atoms with Gasteiger partial charge < -0.3 is 18.9 Å². The summed E-state index contributed by atoms with van der Waals surface area (Å²) in [6, 6.07) is 0. The van der Waals surface area contributed by atoms with Gasteiger partial charge in [-0.1, -0.05) is 0 Å². The van der Waals surface area contributed by atoms with Gasteiger partial charge in [0.2, 0.25) is 0 Å². The predicted molar refractivity (Wildman–Crippen MR) is 50.3 cm³/mol. The van der Waals surface area contributed by atoms with Gasteiger partial charge in [0.25, 0.3) is 0 Å².